The maximum absolute atomic E-state index is 12.9. The van der Waals surface area contributed by atoms with Crippen molar-refractivity contribution >= 4 is 5.91 Å². The quantitative estimate of drug-likeness (QED) is 0.533. The Kier molecular flexibility index (Phi) is 7.19. The summed E-state index contributed by atoms with van der Waals surface area (Å²) in [5.41, 5.74) is 1.86. The number of amides is 1. The normalized spacial score (nSPS) is 16.1. The SMILES string of the molecule is O=C(NC1CCN(Cc2ccccc2)C1)c1ccccc1OCCOc1ccccc1. The molecule has 1 atom stereocenters. The number of hydrogen-bond acceptors (Lipinski definition) is 4. The number of hydrogen-bond donors (Lipinski definition) is 1. The fraction of sp³-hybridized carbons (Fsp3) is 0.269. The minimum absolute atomic E-state index is 0.0915. The Balaban J connectivity index is 1.27. The number of carbonyl (C=O) groups is 1. The molecular weight excluding hydrogens is 388 g/mol. The van der Waals surface area contributed by atoms with E-state index < -0.39 is 0 Å². The highest BCUT2D eigenvalue weighted by atomic mass is 16.5. The van der Waals surface area contributed by atoms with Crippen molar-refractivity contribution in [1.29, 1.82) is 0 Å². The Morgan fingerprint density at radius 1 is 0.871 bits per heavy atom. The zero-order valence-electron chi connectivity index (χ0n) is 17.6. The van der Waals surface area contributed by atoms with Crippen LogP contribution in [0.2, 0.25) is 0 Å². The van der Waals surface area contributed by atoms with Crippen molar-refractivity contribution in [2.75, 3.05) is 26.3 Å². The zero-order valence-corrected chi connectivity index (χ0v) is 17.6. The number of nitrogens with zero attached hydrogens (tertiary/aromatic N) is 1. The van der Waals surface area contributed by atoms with E-state index in [0.717, 1.165) is 31.8 Å². The van der Waals surface area contributed by atoms with E-state index in [9.17, 15) is 4.79 Å². The molecule has 31 heavy (non-hydrogen) atoms. The average Bonchev–Trinajstić information content (AvgIpc) is 3.25. The van der Waals surface area contributed by atoms with E-state index in [1.165, 1.54) is 5.56 Å². The highest BCUT2D eigenvalue weighted by Crippen LogP contribution is 2.20. The first-order valence-electron chi connectivity index (χ1n) is 10.7. The molecule has 1 unspecified atom stereocenters. The largest absolute Gasteiger partial charge is 0.490 e. The fourth-order valence-corrected chi connectivity index (χ4v) is 3.81. The van der Waals surface area contributed by atoms with Crippen LogP contribution in [0, 0.1) is 0 Å². The van der Waals surface area contributed by atoms with Gasteiger partial charge >= 0.3 is 0 Å². The van der Waals surface area contributed by atoms with Gasteiger partial charge in [-0.1, -0.05) is 60.7 Å². The summed E-state index contributed by atoms with van der Waals surface area (Å²) in [4.78, 5) is 15.3. The highest BCUT2D eigenvalue weighted by molar-refractivity contribution is 5.97. The van der Waals surface area contributed by atoms with Gasteiger partial charge in [-0.25, -0.2) is 0 Å². The molecule has 1 fully saturated rings. The molecule has 1 aliphatic heterocycles. The monoisotopic (exact) mass is 416 g/mol. The summed E-state index contributed by atoms with van der Waals surface area (Å²) in [6.07, 6.45) is 0.951. The van der Waals surface area contributed by atoms with Crippen molar-refractivity contribution in [3.63, 3.8) is 0 Å². The maximum atomic E-state index is 12.9. The number of rotatable bonds is 9. The minimum Gasteiger partial charge on any atom is -0.490 e. The summed E-state index contributed by atoms with van der Waals surface area (Å²) in [7, 11) is 0. The van der Waals surface area contributed by atoms with Crippen LogP contribution in [0.1, 0.15) is 22.3 Å². The van der Waals surface area contributed by atoms with Crippen LogP contribution < -0.4 is 14.8 Å². The molecule has 0 spiro atoms. The summed E-state index contributed by atoms with van der Waals surface area (Å²) in [6, 6.07) is 27.6. The Morgan fingerprint density at radius 2 is 1.55 bits per heavy atom. The smallest absolute Gasteiger partial charge is 0.255 e. The number of benzene rings is 3. The second-order valence-corrected chi connectivity index (χ2v) is 7.69. The molecule has 1 heterocycles. The Morgan fingerprint density at radius 3 is 2.35 bits per heavy atom. The number of nitrogens with one attached hydrogen (secondary N) is 1. The molecule has 0 aromatic heterocycles. The summed E-state index contributed by atoms with van der Waals surface area (Å²) in [5, 5.41) is 3.18. The molecular formula is C26H28N2O3. The van der Waals surface area contributed by atoms with Crippen LogP contribution in [-0.2, 0) is 6.54 Å². The molecule has 0 aliphatic carbocycles. The molecule has 0 saturated carbocycles. The lowest BCUT2D eigenvalue weighted by Crippen LogP contribution is -2.37. The zero-order chi connectivity index (χ0) is 21.3. The molecule has 1 N–H and O–H groups in total. The third-order valence-electron chi connectivity index (χ3n) is 5.34. The van der Waals surface area contributed by atoms with E-state index in [1.54, 1.807) is 6.07 Å². The summed E-state index contributed by atoms with van der Waals surface area (Å²) >= 11 is 0. The van der Waals surface area contributed by atoms with Gasteiger partial charge in [0.05, 0.1) is 5.56 Å². The second-order valence-electron chi connectivity index (χ2n) is 7.69. The van der Waals surface area contributed by atoms with Gasteiger partial charge in [-0.2, -0.15) is 0 Å². The first-order valence-corrected chi connectivity index (χ1v) is 10.7. The van der Waals surface area contributed by atoms with Crippen LogP contribution in [0.25, 0.3) is 0 Å². The molecule has 3 aromatic rings. The van der Waals surface area contributed by atoms with E-state index in [1.807, 2.05) is 54.6 Å². The third kappa shape index (κ3) is 6.09. The predicted molar refractivity (Wildman–Crippen MR) is 121 cm³/mol. The van der Waals surface area contributed by atoms with Gasteiger partial charge in [0.25, 0.3) is 5.91 Å². The summed E-state index contributed by atoms with van der Waals surface area (Å²) in [6.45, 7) is 3.53. The molecule has 160 valence electrons. The number of carbonyl (C=O) groups excluding carboxylic acids is 1. The second kappa shape index (κ2) is 10.6. The Labute approximate surface area is 183 Å². The minimum atomic E-state index is -0.0915. The molecule has 4 rings (SSSR count). The van der Waals surface area contributed by atoms with Crippen LogP contribution in [-0.4, -0.2) is 43.2 Å². The predicted octanol–water partition coefficient (Wildman–Crippen LogP) is 4.15. The topological polar surface area (TPSA) is 50.8 Å². The van der Waals surface area contributed by atoms with Gasteiger partial charge in [-0.05, 0) is 36.2 Å². The van der Waals surface area contributed by atoms with Gasteiger partial charge in [0, 0.05) is 25.7 Å². The first kappa shape index (κ1) is 20.9. The van der Waals surface area contributed by atoms with Crippen molar-refractivity contribution in [2.24, 2.45) is 0 Å². The molecule has 0 radical (unpaired) electrons. The van der Waals surface area contributed by atoms with Crippen molar-refractivity contribution < 1.29 is 14.3 Å². The van der Waals surface area contributed by atoms with Crippen LogP contribution in [0.3, 0.4) is 0 Å². The van der Waals surface area contributed by atoms with Crippen molar-refractivity contribution in [3.05, 3.63) is 96.1 Å². The van der Waals surface area contributed by atoms with Gasteiger partial charge in [-0.3, -0.25) is 9.69 Å². The lowest BCUT2D eigenvalue weighted by molar-refractivity contribution is 0.0932. The van der Waals surface area contributed by atoms with Crippen molar-refractivity contribution in [3.8, 4) is 11.5 Å². The summed E-state index contributed by atoms with van der Waals surface area (Å²) < 4.78 is 11.5. The van der Waals surface area contributed by atoms with Gasteiger partial charge in [-0.15, -0.1) is 0 Å². The lowest BCUT2D eigenvalue weighted by Gasteiger charge is -2.17. The Bertz CT molecular complexity index is 963. The Hall–Kier alpha value is -3.31. The number of likely N-dealkylation sites (tertiary alicyclic amines) is 1. The van der Waals surface area contributed by atoms with Gasteiger partial charge < -0.3 is 14.8 Å². The van der Waals surface area contributed by atoms with Gasteiger partial charge in [0.1, 0.15) is 24.7 Å². The van der Waals surface area contributed by atoms with E-state index in [0.29, 0.717) is 24.5 Å². The van der Waals surface area contributed by atoms with Gasteiger partial charge in [0.2, 0.25) is 0 Å². The molecule has 5 heteroatoms. The molecule has 1 aliphatic rings. The third-order valence-corrected chi connectivity index (χ3v) is 5.34. The van der Waals surface area contributed by atoms with Crippen LogP contribution in [0.4, 0.5) is 0 Å². The van der Waals surface area contributed by atoms with Crippen LogP contribution in [0.15, 0.2) is 84.9 Å². The standard InChI is InChI=1S/C26H28N2O3/c29-26(27-22-15-16-28(20-22)19-21-9-3-1-4-10-21)24-13-7-8-14-25(24)31-18-17-30-23-11-5-2-6-12-23/h1-14,22H,15-20H2,(H,27,29). The van der Waals surface area contributed by atoms with Crippen molar-refractivity contribution in [2.45, 2.75) is 19.0 Å². The fourth-order valence-electron chi connectivity index (χ4n) is 3.81. The van der Waals surface area contributed by atoms with E-state index >= 15 is 0 Å². The van der Waals surface area contributed by atoms with E-state index in [2.05, 4.69) is 34.5 Å². The molecule has 5 nitrogen and oxygen atoms in total. The van der Waals surface area contributed by atoms with Gasteiger partial charge in [0.15, 0.2) is 0 Å². The van der Waals surface area contributed by atoms with Crippen LogP contribution >= 0.6 is 0 Å². The number of para-hydroxylation sites is 2. The van der Waals surface area contributed by atoms with Crippen molar-refractivity contribution in [1.82, 2.24) is 10.2 Å². The molecule has 3 aromatic carbocycles. The molecule has 1 amide bonds. The first-order chi connectivity index (χ1) is 15.3. The highest BCUT2D eigenvalue weighted by Gasteiger charge is 2.25. The maximum Gasteiger partial charge on any atom is 0.255 e. The lowest BCUT2D eigenvalue weighted by atomic mass is 10.1. The molecule has 1 saturated heterocycles. The van der Waals surface area contributed by atoms with E-state index in [4.69, 9.17) is 9.47 Å². The summed E-state index contributed by atoms with van der Waals surface area (Å²) in [5.74, 6) is 1.29. The molecule has 0 bridgehead atoms. The van der Waals surface area contributed by atoms with Crippen LogP contribution in [0.5, 0.6) is 11.5 Å². The average molecular weight is 417 g/mol. The van der Waals surface area contributed by atoms with E-state index in [-0.39, 0.29) is 11.9 Å². The number of ether oxygens (including phenoxy) is 2.